The average Bonchev–Trinajstić information content (AvgIpc) is 2.89. The molecule has 8 heteroatoms. The number of fused-ring (bicyclic) bond motifs is 1. The molecular weight excluding hydrogens is 480 g/mol. The molecule has 4 aromatic rings. The summed E-state index contributed by atoms with van der Waals surface area (Å²) in [6.07, 6.45) is 1.46. The fraction of sp³-hybridized carbons (Fsp3) is 0.107. The Kier molecular flexibility index (Phi) is 8.16. The van der Waals surface area contributed by atoms with E-state index in [1.807, 2.05) is 49.4 Å². The maximum atomic E-state index is 12.4. The van der Waals surface area contributed by atoms with Gasteiger partial charge in [-0.15, -0.1) is 0 Å². The lowest BCUT2D eigenvalue weighted by atomic mass is 10.1. The first-order valence-corrected chi connectivity index (χ1v) is 11.6. The Hall–Kier alpha value is -4.36. The van der Waals surface area contributed by atoms with Crippen LogP contribution in [0.5, 0.6) is 17.2 Å². The largest absolute Gasteiger partial charge is 0.490 e. The van der Waals surface area contributed by atoms with Crippen molar-refractivity contribution in [3.05, 3.63) is 101 Å². The second-order valence-corrected chi connectivity index (χ2v) is 8.03. The zero-order chi connectivity index (χ0) is 25.3. The first-order chi connectivity index (χ1) is 17.5. The smallest absolute Gasteiger partial charge is 0.343 e. The minimum atomic E-state index is -0.535. The third-order valence-corrected chi connectivity index (χ3v) is 5.31. The minimum absolute atomic E-state index is 0.185. The molecule has 0 atom stereocenters. The third-order valence-electron chi connectivity index (χ3n) is 5.06. The lowest BCUT2D eigenvalue weighted by Crippen LogP contribution is -2.24. The number of hydrogen-bond donors (Lipinski definition) is 1. The van der Waals surface area contributed by atoms with Crippen molar-refractivity contribution < 1.29 is 23.8 Å². The highest BCUT2D eigenvalue weighted by atomic mass is 35.5. The fourth-order valence-corrected chi connectivity index (χ4v) is 3.50. The zero-order valence-corrected chi connectivity index (χ0v) is 20.2. The summed E-state index contributed by atoms with van der Waals surface area (Å²) in [6.45, 7) is 2.01. The van der Waals surface area contributed by atoms with Crippen LogP contribution in [0.25, 0.3) is 10.8 Å². The number of nitrogens with zero attached hydrogens (tertiary/aromatic N) is 1. The van der Waals surface area contributed by atoms with Crippen molar-refractivity contribution in [3.8, 4) is 17.2 Å². The maximum absolute atomic E-state index is 12.4. The molecular formula is C28H23ClN2O5. The predicted octanol–water partition coefficient (Wildman–Crippen LogP) is 5.64. The molecule has 4 aromatic carbocycles. The van der Waals surface area contributed by atoms with Gasteiger partial charge in [0.15, 0.2) is 18.1 Å². The first kappa shape index (κ1) is 24.8. The van der Waals surface area contributed by atoms with Crippen molar-refractivity contribution in [2.24, 2.45) is 5.10 Å². The van der Waals surface area contributed by atoms with Gasteiger partial charge in [-0.2, -0.15) is 5.10 Å². The second-order valence-electron chi connectivity index (χ2n) is 7.59. The summed E-state index contributed by atoms with van der Waals surface area (Å²) in [5.41, 5.74) is 3.44. The van der Waals surface area contributed by atoms with E-state index < -0.39 is 11.9 Å². The van der Waals surface area contributed by atoms with Gasteiger partial charge in [0.1, 0.15) is 5.75 Å². The van der Waals surface area contributed by atoms with Crippen LogP contribution in [0.4, 0.5) is 0 Å². The molecule has 0 heterocycles. The van der Waals surface area contributed by atoms with Gasteiger partial charge in [0, 0.05) is 10.4 Å². The molecule has 0 saturated heterocycles. The number of ether oxygens (including phenoxy) is 3. The van der Waals surface area contributed by atoms with Gasteiger partial charge in [0.05, 0.1) is 18.4 Å². The Morgan fingerprint density at radius 2 is 1.67 bits per heavy atom. The second kappa shape index (κ2) is 11.9. The SMILES string of the molecule is CCOc1cc(/C=N/NC(=O)COc2cccc3ccccc23)ccc1OC(=O)c1ccc(Cl)cc1. The molecule has 0 aliphatic rings. The van der Waals surface area contributed by atoms with Crippen LogP contribution < -0.4 is 19.6 Å². The normalized spacial score (nSPS) is 10.8. The van der Waals surface area contributed by atoms with Crippen molar-refractivity contribution in [2.75, 3.05) is 13.2 Å². The van der Waals surface area contributed by atoms with Gasteiger partial charge >= 0.3 is 5.97 Å². The van der Waals surface area contributed by atoms with Gasteiger partial charge in [-0.05, 0) is 66.4 Å². The van der Waals surface area contributed by atoms with E-state index in [4.69, 9.17) is 25.8 Å². The third kappa shape index (κ3) is 6.40. The van der Waals surface area contributed by atoms with Gasteiger partial charge in [-0.3, -0.25) is 4.79 Å². The number of carbonyl (C=O) groups is 2. The monoisotopic (exact) mass is 502 g/mol. The summed E-state index contributed by atoms with van der Waals surface area (Å²) in [7, 11) is 0. The molecule has 7 nitrogen and oxygen atoms in total. The van der Waals surface area contributed by atoms with E-state index in [0.29, 0.717) is 34.3 Å². The van der Waals surface area contributed by atoms with Gasteiger partial charge in [-0.25, -0.2) is 10.2 Å². The molecule has 4 rings (SSSR count). The maximum Gasteiger partial charge on any atom is 0.343 e. The van der Waals surface area contributed by atoms with Crippen molar-refractivity contribution in [2.45, 2.75) is 6.92 Å². The molecule has 0 aliphatic heterocycles. The molecule has 0 unspecified atom stereocenters. The summed E-state index contributed by atoms with van der Waals surface area (Å²) in [6, 6.07) is 24.8. The molecule has 0 radical (unpaired) electrons. The Morgan fingerprint density at radius 3 is 2.47 bits per heavy atom. The lowest BCUT2D eigenvalue weighted by molar-refractivity contribution is -0.123. The molecule has 0 saturated carbocycles. The Morgan fingerprint density at radius 1 is 0.889 bits per heavy atom. The van der Waals surface area contributed by atoms with Crippen molar-refractivity contribution in [1.29, 1.82) is 0 Å². The van der Waals surface area contributed by atoms with Gasteiger partial charge in [-0.1, -0.05) is 48.0 Å². The minimum Gasteiger partial charge on any atom is -0.490 e. The number of halogens is 1. The molecule has 0 aromatic heterocycles. The molecule has 0 aliphatic carbocycles. The molecule has 0 spiro atoms. The van der Waals surface area contributed by atoms with Crippen molar-refractivity contribution >= 4 is 40.5 Å². The summed E-state index contributed by atoms with van der Waals surface area (Å²) >= 11 is 5.87. The summed E-state index contributed by atoms with van der Waals surface area (Å²) in [5.74, 6) is 0.318. The predicted molar refractivity (Wildman–Crippen MR) is 139 cm³/mol. The number of benzene rings is 4. The highest BCUT2D eigenvalue weighted by Crippen LogP contribution is 2.29. The van der Waals surface area contributed by atoms with Crippen LogP contribution in [-0.4, -0.2) is 31.3 Å². The van der Waals surface area contributed by atoms with Crippen LogP contribution in [0.1, 0.15) is 22.8 Å². The van der Waals surface area contributed by atoms with Crippen molar-refractivity contribution in [1.82, 2.24) is 5.43 Å². The quantitative estimate of drug-likeness (QED) is 0.138. The van der Waals surface area contributed by atoms with E-state index >= 15 is 0 Å². The molecule has 0 bridgehead atoms. The standard InChI is InChI=1S/C28H23ClN2O5/c1-2-34-26-16-19(10-15-25(26)36-28(33)21-11-13-22(29)14-12-21)17-30-31-27(32)18-35-24-9-5-7-20-6-3-4-8-23(20)24/h3-17H,2,18H2,1H3,(H,31,32)/b30-17+. The Bertz CT molecular complexity index is 1400. The van der Waals surface area contributed by atoms with E-state index in [1.165, 1.54) is 6.21 Å². The van der Waals surface area contributed by atoms with E-state index in [9.17, 15) is 9.59 Å². The Labute approximate surface area is 213 Å². The average molecular weight is 503 g/mol. The Balaban J connectivity index is 1.36. The summed E-state index contributed by atoms with van der Waals surface area (Å²) in [4.78, 5) is 24.6. The molecule has 0 fully saturated rings. The highest BCUT2D eigenvalue weighted by Gasteiger charge is 2.13. The molecule has 1 N–H and O–H groups in total. The van der Waals surface area contributed by atoms with Crippen LogP contribution in [0.2, 0.25) is 5.02 Å². The number of hydrazone groups is 1. The number of rotatable bonds is 9. The summed E-state index contributed by atoms with van der Waals surface area (Å²) < 4.78 is 16.8. The van der Waals surface area contributed by atoms with E-state index in [1.54, 1.807) is 42.5 Å². The molecule has 36 heavy (non-hydrogen) atoms. The summed E-state index contributed by atoms with van der Waals surface area (Å²) in [5, 5.41) is 6.46. The van der Waals surface area contributed by atoms with Crippen LogP contribution in [-0.2, 0) is 4.79 Å². The van der Waals surface area contributed by atoms with Gasteiger partial charge < -0.3 is 14.2 Å². The van der Waals surface area contributed by atoms with E-state index in [2.05, 4.69) is 10.5 Å². The van der Waals surface area contributed by atoms with Crippen LogP contribution in [0.3, 0.4) is 0 Å². The topological polar surface area (TPSA) is 86.2 Å². The molecule has 182 valence electrons. The number of amides is 1. The van der Waals surface area contributed by atoms with Crippen molar-refractivity contribution in [3.63, 3.8) is 0 Å². The van der Waals surface area contributed by atoms with Gasteiger partial charge in [0.25, 0.3) is 5.91 Å². The van der Waals surface area contributed by atoms with Gasteiger partial charge in [0.2, 0.25) is 0 Å². The number of nitrogens with one attached hydrogen (secondary N) is 1. The van der Waals surface area contributed by atoms with Crippen LogP contribution in [0, 0.1) is 0 Å². The van der Waals surface area contributed by atoms with E-state index in [-0.39, 0.29) is 12.4 Å². The first-order valence-electron chi connectivity index (χ1n) is 11.2. The van der Waals surface area contributed by atoms with Crippen LogP contribution in [0.15, 0.2) is 90.0 Å². The number of carbonyl (C=O) groups excluding carboxylic acids is 2. The zero-order valence-electron chi connectivity index (χ0n) is 19.4. The number of esters is 1. The van der Waals surface area contributed by atoms with E-state index in [0.717, 1.165) is 10.8 Å². The lowest BCUT2D eigenvalue weighted by Gasteiger charge is -2.11. The number of hydrogen-bond acceptors (Lipinski definition) is 6. The fourth-order valence-electron chi connectivity index (χ4n) is 3.38. The molecule has 1 amide bonds. The van der Waals surface area contributed by atoms with Crippen LogP contribution >= 0.6 is 11.6 Å². The highest BCUT2D eigenvalue weighted by molar-refractivity contribution is 6.30.